The Hall–Kier alpha value is -2.40. The highest BCUT2D eigenvalue weighted by molar-refractivity contribution is 7.99. The molecule has 0 aliphatic carbocycles. The van der Waals surface area contributed by atoms with Gasteiger partial charge in [0.2, 0.25) is 0 Å². The number of hydrogen-bond acceptors (Lipinski definition) is 4. The highest BCUT2D eigenvalue weighted by atomic mass is 32.2. The third kappa shape index (κ3) is 4.17. The van der Waals surface area contributed by atoms with Crippen molar-refractivity contribution in [3.05, 3.63) is 59.7 Å². The molecule has 0 N–H and O–H groups in total. The number of carbonyl (C=O) groups excluding carboxylic acids is 1. The Morgan fingerprint density at radius 2 is 1.56 bits per heavy atom. The highest BCUT2D eigenvalue weighted by Crippen LogP contribution is 2.28. The van der Waals surface area contributed by atoms with Crippen molar-refractivity contribution >= 4 is 17.5 Å². The van der Waals surface area contributed by atoms with Gasteiger partial charge in [-0.2, -0.15) is 0 Å². The highest BCUT2D eigenvalue weighted by Gasteiger charge is 2.16. The van der Waals surface area contributed by atoms with Crippen molar-refractivity contribution in [2.24, 2.45) is 0 Å². The van der Waals surface area contributed by atoms with Gasteiger partial charge in [-0.25, -0.2) is 0 Å². The minimum Gasteiger partial charge on any atom is -0.300 e. The molecule has 0 bridgehead atoms. The SMILES string of the molecule is CC(=O)CCSc1nnc(-c2ccc(C)cc2)n1-c1ccc(C)cc1. The van der Waals surface area contributed by atoms with E-state index in [1.165, 1.54) is 11.1 Å². The van der Waals surface area contributed by atoms with Gasteiger partial charge in [0, 0.05) is 23.4 Å². The van der Waals surface area contributed by atoms with E-state index in [4.69, 9.17) is 0 Å². The summed E-state index contributed by atoms with van der Waals surface area (Å²) in [4.78, 5) is 11.2. The standard InChI is InChI=1S/C20H21N3OS/c1-14-4-8-17(9-5-14)19-21-22-20(25-13-12-16(3)24)23(19)18-10-6-15(2)7-11-18/h4-11H,12-13H2,1-3H3. The van der Waals surface area contributed by atoms with Crippen molar-refractivity contribution in [2.75, 3.05) is 5.75 Å². The predicted octanol–water partition coefficient (Wildman–Crippen LogP) is 4.62. The molecule has 1 heterocycles. The van der Waals surface area contributed by atoms with Gasteiger partial charge in [-0.3, -0.25) is 9.36 Å². The molecule has 0 saturated carbocycles. The molecule has 3 rings (SSSR count). The van der Waals surface area contributed by atoms with Crippen LogP contribution in [-0.4, -0.2) is 26.3 Å². The second-order valence-corrected chi connectivity index (χ2v) is 7.21. The zero-order chi connectivity index (χ0) is 17.8. The Morgan fingerprint density at radius 3 is 2.16 bits per heavy atom. The smallest absolute Gasteiger partial charge is 0.196 e. The molecule has 3 aromatic rings. The number of thioether (sulfide) groups is 1. The largest absolute Gasteiger partial charge is 0.300 e. The molecular formula is C20H21N3OS. The molecule has 0 unspecified atom stereocenters. The zero-order valence-corrected chi connectivity index (χ0v) is 15.5. The van der Waals surface area contributed by atoms with Crippen molar-refractivity contribution in [3.63, 3.8) is 0 Å². The number of hydrogen-bond donors (Lipinski definition) is 0. The van der Waals surface area contributed by atoms with E-state index >= 15 is 0 Å². The maximum Gasteiger partial charge on any atom is 0.196 e. The number of Topliss-reactive ketones (excluding diaryl/α,β-unsaturated/α-hetero) is 1. The van der Waals surface area contributed by atoms with E-state index in [0.717, 1.165) is 22.2 Å². The fourth-order valence-corrected chi connectivity index (χ4v) is 3.46. The third-order valence-corrected chi connectivity index (χ3v) is 4.85. The minimum absolute atomic E-state index is 0.188. The molecule has 0 aliphatic rings. The number of carbonyl (C=O) groups is 1. The van der Waals surface area contributed by atoms with Gasteiger partial charge in [-0.05, 0) is 32.9 Å². The summed E-state index contributed by atoms with van der Waals surface area (Å²) >= 11 is 1.56. The molecule has 0 spiro atoms. The number of benzene rings is 2. The summed E-state index contributed by atoms with van der Waals surface area (Å²) in [5.74, 6) is 1.70. The minimum atomic E-state index is 0.188. The van der Waals surface area contributed by atoms with Gasteiger partial charge >= 0.3 is 0 Å². The number of aromatic nitrogens is 3. The molecule has 4 nitrogen and oxygen atoms in total. The number of nitrogens with zero attached hydrogens (tertiary/aromatic N) is 3. The van der Waals surface area contributed by atoms with Gasteiger partial charge in [0.15, 0.2) is 11.0 Å². The van der Waals surface area contributed by atoms with Gasteiger partial charge in [-0.1, -0.05) is 59.3 Å². The van der Waals surface area contributed by atoms with Crippen molar-refractivity contribution in [1.29, 1.82) is 0 Å². The average Bonchev–Trinajstić information content (AvgIpc) is 3.00. The Bertz CT molecular complexity index is 867. The Morgan fingerprint density at radius 1 is 0.960 bits per heavy atom. The van der Waals surface area contributed by atoms with Crippen LogP contribution in [-0.2, 0) is 4.79 Å². The normalized spacial score (nSPS) is 10.8. The first kappa shape index (κ1) is 17.4. The third-order valence-electron chi connectivity index (χ3n) is 3.92. The lowest BCUT2D eigenvalue weighted by Gasteiger charge is -2.11. The van der Waals surface area contributed by atoms with Crippen molar-refractivity contribution in [1.82, 2.24) is 14.8 Å². The molecule has 0 fully saturated rings. The Balaban J connectivity index is 2.02. The zero-order valence-electron chi connectivity index (χ0n) is 14.7. The number of ketones is 1. The molecule has 128 valence electrons. The predicted molar refractivity (Wildman–Crippen MR) is 102 cm³/mol. The molecule has 25 heavy (non-hydrogen) atoms. The first-order valence-corrected chi connectivity index (χ1v) is 9.25. The van der Waals surface area contributed by atoms with Crippen LogP contribution < -0.4 is 0 Å². The van der Waals surface area contributed by atoms with Crippen LogP contribution in [0.4, 0.5) is 0 Å². The van der Waals surface area contributed by atoms with Crippen LogP contribution in [0.5, 0.6) is 0 Å². The lowest BCUT2D eigenvalue weighted by molar-refractivity contribution is -0.116. The lowest BCUT2D eigenvalue weighted by Crippen LogP contribution is -2.01. The van der Waals surface area contributed by atoms with E-state index in [-0.39, 0.29) is 5.78 Å². The maximum atomic E-state index is 11.2. The van der Waals surface area contributed by atoms with Gasteiger partial charge in [0.05, 0.1) is 0 Å². The van der Waals surface area contributed by atoms with Crippen molar-refractivity contribution < 1.29 is 4.79 Å². The van der Waals surface area contributed by atoms with E-state index in [9.17, 15) is 4.79 Å². The van der Waals surface area contributed by atoms with Gasteiger partial charge in [0.25, 0.3) is 0 Å². The van der Waals surface area contributed by atoms with Gasteiger partial charge in [0.1, 0.15) is 5.78 Å². The second kappa shape index (κ2) is 7.66. The topological polar surface area (TPSA) is 47.8 Å². The maximum absolute atomic E-state index is 11.2. The fraction of sp³-hybridized carbons (Fsp3) is 0.250. The summed E-state index contributed by atoms with van der Waals surface area (Å²) in [6.07, 6.45) is 0.533. The van der Waals surface area contributed by atoms with E-state index in [1.807, 2.05) is 0 Å². The lowest BCUT2D eigenvalue weighted by atomic mass is 10.1. The van der Waals surface area contributed by atoms with Crippen LogP contribution >= 0.6 is 11.8 Å². The van der Waals surface area contributed by atoms with Crippen LogP contribution in [0.2, 0.25) is 0 Å². The van der Waals surface area contributed by atoms with Crippen LogP contribution in [0.3, 0.4) is 0 Å². The molecule has 0 atom stereocenters. The Kier molecular flexibility index (Phi) is 5.34. The monoisotopic (exact) mass is 351 g/mol. The second-order valence-electron chi connectivity index (χ2n) is 6.14. The molecule has 1 aromatic heterocycles. The molecule has 5 heteroatoms. The summed E-state index contributed by atoms with van der Waals surface area (Å²) in [6.45, 7) is 5.75. The molecular weight excluding hydrogens is 330 g/mol. The summed E-state index contributed by atoms with van der Waals surface area (Å²) in [6, 6.07) is 16.6. The summed E-state index contributed by atoms with van der Waals surface area (Å²) in [7, 11) is 0. The average molecular weight is 351 g/mol. The van der Waals surface area contributed by atoms with E-state index < -0.39 is 0 Å². The van der Waals surface area contributed by atoms with Gasteiger partial charge < -0.3 is 0 Å². The van der Waals surface area contributed by atoms with Crippen molar-refractivity contribution in [3.8, 4) is 17.1 Å². The molecule has 2 aromatic carbocycles. The molecule has 0 saturated heterocycles. The summed E-state index contributed by atoms with van der Waals surface area (Å²) in [5.41, 5.74) is 4.47. The summed E-state index contributed by atoms with van der Waals surface area (Å²) in [5, 5.41) is 9.60. The number of aryl methyl sites for hydroxylation is 2. The quantitative estimate of drug-likeness (QED) is 0.608. The fourth-order valence-electron chi connectivity index (χ4n) is 2.47. The van der Waals surface area contributed by atoms with Gasteiger partial charge in [-0.15, -0.1) is 10.2 Å². The Labute approximate surface area is 152 Å². The van der Waals surface area contributed by atoms with Crippen LogP contribution in [0.15, 0.2) is 53.7 Å². The van der Waals surface area contributed by atoms with E-state index in [0.29, 0.717) is 12.2 Å². The molecule has 0 amide bonds. The summed E-state index contributed by atoms with van der Waals surface area (Å²) < 4.78 is 2.06. The van der Waals surface area contributed by atoms with Crippen LogP contribution in [0.25, 0.3) is 17.1 Å². The molecule has 0 aliphatic heterocycles. The van der Waals surface area contributed by atoms with Crippen LogP contribution in [0, 0.1) is 13.8 Å². The molecule has 0 radical (unpaired) electrons. The van der Waals surface area contributed by atoms with E-state index in [1.54, 1.807) is 18.7 Å². The van der Waals surface area contributed by atoms with Crippen molar-refractivity contribution in [2.45, 2.75) is 32.3 Å². The first-order chi connectivity index (χ1) is 12.0. The van der Waals surface area contributed by atoms with E-state index in [2.05, 4.69) is 77.1 Å². The number of rotatable bonds is 6. The first-order valence-electron chi connectivity index (χ1n) is 8.26. The van der Waals surface area contributed by atoms with Crippen LogP contribution in [0.1, 0.15) is 24.5 Å².